The molecule has 1 aromatic rings. The molecule has 0 saturated heterocycles. The number of carbonyl (C=O) groups excluding carboxylic acids is 1. The zero-order valence-corrected chi connectivity index (χ0v) is 13.3. The highest BCUT2D eigenvalue weighted by molar-refractivity contribution is 7.89. The predicted octanol–water partition coefficient (Wildman–Crippen LogP) is 0.181. The molecule has 0 bridgehead atoms. The standard InChI is InChI=1S/C13H19N3O5S/c1-3-22(20,21)16(2)8-4-6-15-12(17)10-5-7-14-11(9-10)13(18)19/h5,7,9H,3-4,6,8H2,1-2H3,(H,15,17)(H,18,19). The van der Waals surface area contributed by atoms with Crippen LogP contribution >= 0.6 is 0 Å². The van der Waals surface area contributed by atoms with Crippen molar-refractivity contribution in [1.82, 2.24) is 14.6 Å². The Labute approximate surface area is 129 Å². The average molecular weight is 329 g/mol. The van der Waals surface area contributed by atoms with Gasteiger partial charge in [0.25, 0.3) is 5.91 Å². The number of nitrogens with zero attached hydrogens (tertiary/aromatic N) is 2. The second-order valence-electron chi connectivity index (χ2n) is 4.57. The van der Waals surface area contributed by atoms with Crippen LogP contribution in [-0.4, -0.2) is 60.6 Å². The lowest BCUT2D eigenvalue weighted by molar-refractivity contribution is 0.0690. The Kier molecular flexibility index (Phi) is 6.44. The van der Waals surface area contributed by atoms with Gasteiger partial charge in [-0.15, -0.1) is 0 Å². The summed E-state index contributed by atoms with van der Waals surface area (Å²) in [6.45, 7) is 2.15. The number of rotatable bonds is 8. The monoisotopic (exact) mass is 329 g/mol. The topological polar surface area (TPSA) is 117 Å². The van der Waals surface area contributed by atoms with Crippen LogP contribution in [-0.2, 0) is 10.0 Å². The van der Waals surface area contributed by atoms with Crippen LogP contribution in [0.15, 0.2) is 18.3 Å². The first kappa shape index (κ1) is 18.1. The van der Waals surface area contributed by atoms with Gasteiger partial charge in [-0.25, -0.2) is 22.5 Å². The molecule has 0 atom stereocenters. The first-order valence-electron chi connectivity index (χ1n) is 6.69. The van der Waals surface area contributed by atoms with Crippen LogP contribution in [0.25, 0.3) is 0 Å². The highest BCUT2D eigenvalue weighted by Crippen LogP contribution is 2.02. The van der Waals surface area contributed by atoms with E-state index in [1.807, 2.05) is 0 Å². The molecule has 8 nitrogen and oxygen atoms in total. The highest BCUT2D eigenvalue weighted by Gasteiger charge is 2.14. The van der Waals surface area contributed by atoms with E-state index < -0.39 is 21.9 Å². The molecule has 1 heterocycles. The van der Waals surface area contributed by atoms with Gasteiger partial charge in [-0.05, 0) is 25.5 Å². The highest BCUT2D eigenvalue weighted by atomic mass is 32.2. The molecule has 9 heteroatoms. The normalized spacial score (nSPS) is 11.4. The summed E-state index contributed by atoms with van der Waals surface area (Å²) in [5.74, 6) is -1.60. The van der Waals surface area contributed by atoms with Gasteiger partial charge in [0.15, 0.2) is 0 Å². The average Bonchev–Trinajstić information content (AvgIpc) is 2.51. The number of hydrogen-bond donors (Lipinski definition) is 2. The Hall–Kier alpha value is -2.00. The molecule has 1 rings (SSSR count). The SMILES string of the molecule is CCS(=O)(=O)N(C)CCCNC(=O)c1ccnc(C(=O)O)c1. The first-order chi connectivity index (χ1) is 10.3. The van der Waals surface area contributed by atoms with Crippen LogP contribution in [0.5, 0.6) is 0 Å². The maximum Gasteiger partial charge on any atom is 0.354 e. The van der Waals surface area contributed by atoms with Crippen LogP contribution < -0.4 is 5.32 Å². The first-order valence-corrected chi connectivity index (χ1v) is 8.30. The number of pyridine rings is 1. The van der Waals surface area contributed by atoms with E-state index in [-0.39, 0.29) is 23.6 Å². The van der Waals surface area contributed by atoms with E-state index in [2.05, 4.69) is 10.3 Å². The summed E-state index contributed by atoms with van der Waals surface area (Å²) in [5.41, 5.74) is -0.0108. The lowest BCUT2D eigenvalue weighted by Gasteiger charge is -2.15. The summed E-state index contributed by atoms with van der Waals surface area (Å²) in [6, 6.07) is 2.60. The van der Waals surface area contributed by atoms with Gasteiger partial charge in [0.05, 0.1) is 5.75 Å². The molecular formula is C13H19N3O5S. The predicted molar refractivity (Wildman–Crippen MR) is 80.2 cm³/mol. The van der Waals surface area contributed by atoms with Crippen molar-refractivity contribution < 1.29 is 23.1 Å². The molecule has 1 aromatic heterocycles. The fraction of sp³-hybridized carbons (Fsp3) is 0.462. The largest absolute Gasteiger partial charge is 0.477 e. The van der Waals surface area contributed by atoms with Crippen molar-refractivity contribution in [2.45, 2.75) is 13.3 Å². The van der Waals surface area contributed by atoms with Gasteiger partial charge in [0.1, 0.15) is 5.69 Å². The van der Waals surface area contributed by atoms with E-state index in [1.165, 1.54) is 29.7 Å². The maximum absolute atomic E-state index is 11.9. The fourth-order valence-corrected chi connectivity index (χ4v) is 2.50. The second kappa shape index (κ2) is 7.85. The lowest BCUT2D eigenvalue weighted by Crippen LogP contribution is -2.32. The smallest absolute Gasteiger partial charge is 0.354 e. The molecule has 0 aromatic carbocycles. The Bertz CT molecular complexity index is 645. The third kappa shape index (κ3) is 5.08. The van der Waals surface area contributed by atoms with E-state index in [0.717, 1.165) is 0 Å². The summed E-state index contributed by atoms with van der Waals surface area (Å²) < 4.78 is 24.3. The molecule has 0 aliphatic carbocycles. The molecule has 0 aliphatic rings. The molecule has 0 fully saturated rings. The Balaban J connectivity index is 2.47. The van der Waals surface area contributed by atoms with E-state index in [9.17, 15) is 18.0 Å². The van der Waals surface area contributed by atoms with Gasteiger partial charge in [-0.2, -0.15) is 0 Å². The Morgan fingerprint density at radius 2 is 2.09 bits per heavy atom. The van der Waals surface area contributed by atoms with E-state index in [1.54, 1.807) is 6.92 Å². The minimum Gasteiger partial charge on any atom is -0.477 e. The van der Waals surface area contributed by atoms with Gasteiger partial charge >= 0.3 is 5.97 Å². The van der Waals surface area contributed by atoms with Crippen LogP contribution in [0, 0.1) is 0 Å². The summed E-state index contributed by atoms with van der Waals surface area (Å²) in [4.78, 5) is 26.3. The molecular weight excluding hydrogens is 310 g/mol. The molecule has 0 radical (unpaired) electrons. The van der Waals surface area contributed by atoms with Gasteiger partial charge < -0.3 is 10.4 Å². The van der Waals surface area contributed by atoms with Crippen LogP contribution in [0.4, 0.5) is 0 Å². The molecule has 0 spiro atoms. The Morgan fingerprint density at radius 1 is 1.41 bits per heavy atom. The molecule has 1 amide bonds. The number of amides is 1. The number of sulfonamides is 1. The number of aromatic carboxylic acids is 1. The Morgan fingerprint density at radius 3 is 2.68 bits per heavy atom. The minimum atomic E-state index is -3.22. The fourth-order valence-electron chi connectivity index (χ4n) is 1.65. The number of nitrogens with one attached hydrogen (secondary N) is 1. The maximum atomic E-state index is 11.9. The van der Waals surface area contributed by atoms with Crippen molar-refractivity contribution in [3.8, 4) is 0 Å². The molecule has 0 unspecified atom stereocenters. The lowest BCUT2D eigenvalue weighted by atomic mass is 10.2. The van der Waals surface area contributed by atoms with Crippen LogP contribution in [0.2, 0.25) is 0 Å². The van der Waals surface area contributed by atoms with Crippen molar-refractivity contribution in [2.24, 2.45) is 0 Å². The summed E-state index contributed by atoms with van der Waals surface area (Å²) >= 11 is 0. The van der Waals surface area contributed by atoms with Crippen molar-refractivity contribution in [3.63, 3.8) is 0 Å². The summed E-state index contributed by atoms with van der Waals surface area (Å²) in [7, 11) is -1.73. The number of carboxylic acids is 1. The number of carboxylic acid groups (broad SMARTS) is 1. The zero-order valence-electron chi connectivity index (χ0n) is 12.4. The van der Waals surface area contributed by atoms with E-state index in [4.69, 9.17) is 5.11 Å². The van der Waals surface area contributed by atoms with Gasteiger partial charge in [0, 0.05) is 31.9 Å². The molecule has 0 saturated carbocycles. The van der Waals surface area contributed by atoms with Crippen molar-refractivity contribution in [3.05, 3.63) is 29.6 Å². The van der Waals surface area contributed by atoms with Crippen molar-refractivity contribution in [1.29, 1.82) is 0 Å². The van der Waals surface area contributed by atoms with Gasteiger partial charge in [-0.3, -0.25) is 4.79 Å². The number of aromatic nitrogens is 1. The van der Waals surface area contributed by atoms with Gasteiger partial charge in [0.2, 0.25) is 10.0 Å². The van der Waals surface area contributed by atoms with Gasteiger partial charge in [-0.1, -0.05) is 0 Å². The molecule has 2 N–H and O–H groups in total. The number of hydrogen-bond acceptors (Lipinski definition) is 5. The molecule has 22 heavy (non-hydrogen) atoms. The van der Waals surface area contributed by atoms with Crippen molar-refractivity contribution in [2.75, 3.05) is 25.9 Å². The summed E-state index contributed by atoms with van der Waals surface area (Å²) in [5, 5.41) is 11.4. The zero-order chi connectivity index (χ0) is 16.8. The minimum absolute atomic E-state index is 0.0326. The van der Waals surface area contributed by atoms with E-state index >= 15 is 0 Å². The quantitative estimate of drug-likeness (QED) is 0.657. The van der Waals surface area contributed by atoms with E-state index in [0.29, 0.717) is 13.0 Å². The van der Waals surface area contributed by atoms with Crippen molar-refractivity contribution >= 4 is 21.9 Å². The third-order valence-corrected chi connectivity index (χ3v) is 4.88. The second-order valence-corrected chi connectivity index (χ2v) is 6.93. The molecule has 122 valence electrons. The van der Waals surface area contributed by atoms with Crippen LogP contribution in [0.3, 0.4) is 0 Å². The van der Waals surface area contributed by atoms with Crippen LogP contribution in [0.1, 0.15) is 34.2 Å². The number of carbonyl (C=O) groups is 2. The summed E-state index contributed by atoms with van der Waals surface area (Å²) in [6.07, 6.45) is 1.71. The molecule has 0 aliphatic heterocycles. The third-order valence-electron chi connectivity index (χ3n) is 3.02.